The Morgan fingerprint density at radius 3 is 2.50 bits per heavy atom. The molecular formula is C11H13NO2. The number of benzene rings is 1. The fourth-order valence-corrected chi connectivity index (χ4v) is 1.12. The minimum atomic E-state index is -1.20. The fourth-order valence-electron chi connectivity index (χ4n) is 1.12. The van der Waals surface area contributed by atoms with E-state index < -0.39 is 12.0 Å². The molecule has 0 aliphatic carbocycles. The number of hydrogen-bond donors (Lipinski definition) is 2. The average molecular weight is 191 g/mol. The predicted octanol–water partition coefficient (Wildman–Crippen LogP) is 0.936. The Hall–Kier alpha value is -1.61. The summed E-state index contributed by atoms with van der Waals surface area (Å²) in [7, 11) is 0. The van der Waals surface area contributed by atoms with E-state index in [9.17, 15) is 9.90 Å². The Balaban J connectivity index is 2.84. The Bertz CT molecular complexity index is 344. The van der Waals surface area contributed by atoms with E-state index >= 15 is 0 Å². The van der Waals surface area contributed by atoms with Crippen LogP contribution >= 0.6 is 0 Å². The lowest BCUT2D eigenvalue weighted by Crippen LogP contribution is -2.28. The number of carbonyl (C=O) groups is 1. The van der Waals surface area contributed by atoms with Gasteiger partial charge in [0.05, 0.1) is 0 Å². The van der Waals surface area contributed by atoms with Crippen LogP contribution in [0.15, 0.2) is 35.9 Å². The van der Waals surface area contributed by atoms with Crippen molar-refractivity contribution in [2.45, 2.75) is 13.0 Å². The highest BCUT2D eigenvalue weighted by molar-refractivity contribution is 5.83. The maximum absolute atomic E-state index is 10.7. The van der Waals surface area contributed by atoms with Gasteiger partial charge in [0.15, 0.2) is 6.10 Å². The first-order valence-electron chi connectivity index (χ1n) is 4.32. The molecule has 3 N–H and O–H groups in total. The Morgan fingerprint density at radius 2 is 2.00 bits per heavy atom. The molecule has 0 fully saturated rings. The molecule has 0 spiro atoms. The van der Waals surface area contributed by atoms with Crippen molar-refractivity contribution in [3.05, 3.63) is 41.5 Å². The molecule has 1 unspecified atom stereocenters. The van der Waals surface area contributed by atoms with E-state index in [2.05, 4.69) is 0 Å². The molecule has 1 aromatic rings. The molecule has 1 amide bonds. The molecule has 74 valence electrons. The van der Waals surface area contributed by atoms with Gasteiger partial charge in [0, 0.05) is 0 Å². The van der Waals surface area contributed by atoms with Gasteiger partial charge in [-0.15, -0.1) is 0 Å². The van der Waals surface area contributed by atoms with Crippen molar-refractivity contribution in [2.24, 2.45) is 5.73 Å². The van der Waals surface area contributed by atoms with Crippen molar-refractivity contribution in [1.29, 1.82) is 0 Å². The topological polar surface area (TPSA) is 63.3 Å². The number of hydrogen-bond acceptors (Lipinski definition) is 2. The number of aliphatic hydroxyl groups is 1. The summed E-state index contributed by atoms with van der Waals surface area (Å²) in [6, 6.07) is 9.44. The van der Waals surface area contributed by atoms with Crippen LogP contribution in [0.25, 0.3) is 6.08 Å². The lowest BCUT2D eigenvalue weighted by Gasteiger charge is -2.06. The monoisotopic (exact) mass is 191 g/mol. The van der Waals surface area contributed by atoms with Crippen LogP contribution in [0, 0.1) is 0 Å². The molecule has 0 heterocycles. The van der Waals surface area contributed by atoms with Crippen LogP contribution in [0.5, 0.6) is 0 Å². The van der Waals surface area contributed by atoms with Gasteiger partial charge in [0.2, 0.25) is 0 Å². The largest absolute Gasteiger partial charge is 0.379 e. The normalized spacial score (nSPS) is 13.7. The molecule has 0 radical (unpaired) electrons. The van der Waals surface area contributed by atoms with Crippen molar-refractivity contribution < 1.29 is 9.90 Å². The molecule has 14 heavy (non-hydrogen) atoms. The molecular weight excluding hydrogens is 178 g/mol. The zero-order valence-corrected chi connectivity index (χ0v) is 7.97. The maximum Gasteiger partial charge on any atom is 0.250 e. The smallest absolute Gasteiger partial charge is 0.250 e. The summed E-state index contributed by atoms with van der Waals surface area (Å²) in [5.74, 6) is -0.727. The Kier molecular flexibility index (Phi) is 3.42. The van der Waals surface area contributed by atoms with Crippen LogP contribution in [0.1, 0.15) is 12.5 Å². The summed E-state index contributed by atoms with van der Waals surface area (Å²) in [5.41, 5.74) is 6.44. The number of primary amides is 1. The SMILES string of the molecule is CC(=Cc1ccccc1)C(O)C(N)=O. The summed E-state index contributed by atoms with van der Waals surface area (Å²) >= 11 is 0. The van der Waals surface area contributed by atoms with Crippen LogP contribution in [0.4, 0.5) is 0 Å². The third-order valence-electron chi connectivity index (χ3n) is 1.89. The highest BCUT2D eigenvalue weighted by atomic mass is 16.3. The van der Waals surface area contributed by atoms with E-state index in [1.807, 2.05) is 30.3 Å². The van der Waals surface area contributed by atoms with Gasteiger partial charge in [0.25, 0.3) is 5.91 Å². The average Bonchev–Trinajstić information content (AvgIpc) is 2.18. The third-order valence-corrected chi connectivity index (χ3v) is 1.89. The Morgan fingerprint density at radius 1 is 1.43 bits per heavy atom. The fraction of sp³-hybridized carbons (Fsp3) is 0.182. The lowest BCUT2D eigenvalue weighted by molar-refractivity contribution is -0.124. The summed E-state index contributed by atoms with van der Waals surface area (Å²) in [4.78, 5) is 10.7. The van der Waals surface area contributed by atoms with Crippen molar-refractivity contribution in [3.8, 4) is 0 Å². The quantitative estimate of drug-likeness (QED) is 0.746. The van der Waals surface area contributed by atoms with Gasteiger partial charge in [-0.3, -0.25) is 4.79 Å². The lowest BCUT2D eigenvalue weighted by atomic mass is 10.1. The second kappa shape index (κ2) is 4.58. The third kappa shape index (κ3) is 2.71. The van der Waals surface area contributed by atoms with Gasteiger partial charge in [-0.05, 0) is 18.1 Å². The summed E-state index contributed by atoms with van der Waals surface area (Å²) in [6.45, 7) is 1.67. The van der Waals surface area contributed by atoms with E-state index in [1.54, 1.807) is 13.0 Å². The van der Waals surface area contributed by atoms with Crippen molar-refractivity contribution in [1.82, 2.24) is 0 Å². The van der Waals surface area contributed by atoms with Crippen LogP contribution < -0.4 is 5.73 Å². The molecule has 0 aliphatic heterocycles. The van der Waals surface area contributed by atoms with Gasteiger partial charge >= 0.3 is 0 Å². The van der Waals surface area contributed by atoms with Gasteiger partial charge < -0.3 is 10.8 Å². The highest BCUT2D eigenvalue weighted by Gasteiger charge is 2.11. The Labute approximate surface area is 82.9 Å². The molecule has 0 bridgehead atoms. The molecule has 3 heteroatoms. The summed E-state index contributed by atoms with van der Waals surface area (Å²) in [5, 5.41) is 9.31. The minimum Gasteiger partial charge on any atom is -0.379 e. The first kappa shape index (κ1) is 10.5. The maximum atomic E-state index is 10.7. The van der Waals surface area contributed by atoms with Crippen LogP contribution in [0.3, 0.4) is 0 Å². The molecule has 0 saturated carbocycles. The molecule has 1 atom stereocenters. The number of amides is 1. The first-order chi connectivity index (χ1) is 6.61. The first-order valence-corrected chi connectivity index (χ1v) is 4.32. The van der Waals surface area contributed by atoms with Crippen molar-refractivity contribution in [2.75, 3.05) is 0 Å². The van der Waals surface area contributed by atoms with Gasteiger partial charge in [-0.1, -0.05) is 36.4 Å². The van der Waals surface area contributed by atoms with Crippen LogP contribution in [-0.2, 0) is 4.79 Å². The van der Waals surface area contributed by atoms with Crippen molar-refractivity contribution in [3.63, 3.8) is 0 Å². The second-order valence-corrected chi connectivity index (χ2v) is 3.10. The minimum absolute atomic E-state index is 0.545. The second-order valence-electron chi connectivity index (χ2n) is 3.10. The molecule has 1 aromatic carbocycles. The number of rotatable bonds is 3. The van der Waals surface area contributed by atoms with E-state index in [0.29, 0.717) is 5.57 Å². The molecule has 0 aromatic heterocycles. The predicted molar refractivity (Wildman–Crippen MR) is 55.3 cm³/mol. The van der Waals surface area contributed by atoms with Gasteiger partial charge in [-0.25, -0.2) is 0 Å². The molecule has 1 rings (SSSR count). The van der Waals surface area contributed by atoms with E-state index in [1.165, 1.54) is 0 Å². The molecule has 0 aliphatic rings. The van der Waals surface area contributed by atoms with Crippen LogP contribution in [-0.4, -0.2) is 17.1 Å². The zero-order valence-electron chi connectivity index (χ0n) is 7.97. The molecule has 0 saturated heterocycles. The van der Waals surface area contributed by atoms with Gasteiger partial charge in [0.1, 0.15) is 0 Å². The molecule has 3 nitrogen and oxygen atoms in total. The van der Waals surface area contributed by atoms with E-state index in [0.717, 1.165) is 5.56 Å². The van der Waals surface area contributed by atoms with Crippen molar-refractivity contribution >= 4 is 12.0 Å². The van der Waals surface area contributed by atoms with Gasteiger partial charge in [-0.2, -0.15) is 0 Å². The van der Waals surface area contributed by atoms with E-state index in [-0.39, 0.29) is 0 Å². The highest BCUT2D eigenvalue weighted by Crippen LogP contribution is 2.08. The van der Waals surface area contributed by atoms with Crippen LogP contribution in [0.2, 0.25) is 0 Å². The standard InChI is InChI=1S/C11H13NO2/c1-8(10(13)11(12)14)7-9-5-3-2-4-6-9/h2-7,10,13H,1H3,(H2,12,14). The van der Waals surface area contributed by atoms with E-state index in [4.69, 9.17) is 5.73 Å². The summed E-state index contributed by atoms with van der Waals surface area (Å²) < 4.78 is 0. The number of carbonyl (C=O) groups excluding carboxylic acids is 1. The number of aliphatic hydroxyl groups excluding tert-OH is 1. The summed E-state index contributed by atoms with van der Waals surface area (Å²) in [6.07, 6.45) is 0.533. The number of nitrogens with two attached hydrogens (primary N) is 1. The zero-order chi connectivity index (χ0) is 10.6.